The molecule has 0 aromatic heterocycles. The number of ether oxygens (including phenoxy) is 1. The lowest BCUT2D eigenvalue weighted by Gasteiger charge is -2.34. The molecule has 0 unspecified atom stereocenters. The maximum Gasteiger partial charge on any atom is 0.288 e. The third-order valence-corrected chi connectivity index (χ3v) is 3.98. The van der Waals surface area contributed by atoms with Crippen molar-refractivity contribution in [2.45, 2.75) is 36.7 Å². The van der Waals surface area contributed by atoms with Gasteiger partial charge in [0.05, 0.1) is 12.2 Å². The summed E-state index contributed by atoms with van der Waals surface area (Å²) in [6.07, 6.45) is 3.28. The Morgan fingerprint density at radius 1 is 1.27 bits per heavy atom. The molecule has 2 atom stereocenters. The molecule has 22 heavy (non-hydrogen) atoms. The van der Waals surface area contributed by atoms with Gasteiger partial charge in [-0.3, -0.25) is 4.79 Å². The molecule has 0 bridgehead atoms. The lowest BCUT2D eigenvalue weighted by atomic mass is 10.2. The summed E-state index contributed by atoms with van der Waals surface area (Å²) < 4.78 is 30.1. The lowest BCUT2D eigenvalue weighted by Crippen LogP contribution is -2.47. The Hall–Kier alpha value is -1.40. The molecule has 1 saturated heterocycles. The molecule has 6 heteroatoms. The molecule has 0 N–H and O–H groups in total. The first-order chi connectivity index (χ1) is 10.4. The van der Waals surface area contributed by atoms with Crippen molar-refractivity contribution in [2.24, 2.45) is 0 Å². The van der Waals surface area contributed by atoms with E-state index in [-0.39, 0.29) is 18.1 Å². The van der Waals surface area contributed by atoms with Gasteiger partial charge in [-0.1, -0.05) is 23.9 Å². The number of hydrogen-bond donors (Lipinski definition) is 0. The van der Waals surface area contributed by atoms with Gasteiger partial charge in [-0.25, -0.2) is 0 Å². The van der Waals surface area contributed by atoms with E-state index in [4.69, 9.17) is 4.74 Å². The molecule has 1 amide bonds. The highest BCUT2D eigenvalue weighted by molar-refractivity contribution is 7.99. The Bertz CT molecular complexity index is 523. The molecule has 0 spiro atoms. The van der Waals surface area contributed by atoms with E-state index in [0.717, 1.165) is 5.56 Å². The van der Waals surface area contributed by atoms with Gasteiger partial charge < -0.3 is 9.64 Å². The quantitative estimate of drug-likeness (QED) is 0.624. The van der Waals surface area contributed by atoms with Gasteiger partial charge in [0.15, 0.2) is 0 Å². The van der Waals surface area contributed by atoms with Crippen molar-refractivity contribution in [3.8, 4) is 0 Å². The van der Waals surface area contributed by atoms with Crippen molar-refractivity contribution in [3.63, 3.8) is 0 Å². The largest absolute Gasteiger partial charge is 0.372 e. The van der Waals surface area contributed by atoms with E-state index in [0.29, 0.717) is 29.7 Å². The van der Waals surface area contributed by atoms with E-state index >= 15 is 0 Å². The zero-order chi connectivity index (χ0) is 16.1. The number of thioether (sulfide) groups is 1. The number of alkyl halides is 2. The number of carbonyl (C=O) groups is 1. The second-order valence-electron chi connectivity index (χ2n) is 5.28. The average Bonchev–Trinajstić information content (AvgIpc) is 2.44. The number of nitrogens with zero attached hydrogens (tertiary/aromatic N) is 1. The van der Waals surface area contributed by atoms with Gasteiger partial charge in [-0.2, -0.15) is 8.78 Å². The van der Waals surface area contributed by atoms with Crippen LogP contribution in [0.5, 0.6) is 0 Å². The first kappa shape index (κ1) is 17.0. The van der Waals surface area contributed by atoms with Gasteiger partial charge in [0.25, 0.3) is 5.76 Å². The van der Waals surface area contributed by atoms with Gasteiger partial charge in [0.2, 0.25) is 5.91 Å². The third-order valence-electron chi connectivity index (χ3n) is 3.25. The van der Waals surface area contributed by atoms with Crippen molar-refractivity contribution in [2.75, 3.05) is 13.1 Å². The van der Waals surface area contributed by atoms with Gasteiger partial charge in [0.1, 0.15) is 0 Å². The van der Waals surface area contributed by atoms with Crippen molar-refractivity contribution in [3.05, 3.63) is 35.9 Å². The predicted molar refractivity (Wildman–Crippen MR) is 83.9 cm³/mol. The first-order valence-corrected chi connectivity index (χ1v) is 7.99. The zero-order valence-electron chi connectivity index (χ0n) is 12.5. The van der Waals surface area contributed by atoms with Crippen LogP contribution in [0.15, 0.2) is 35.2 Å². The van der Waals surface area contributed by atoms with Crippen molar-refractivity contribution in [1.29, 1.82) is 0 Å². The molecule has 2 rings (SSSR count). The van der Waals surface area contributed by atoms with E-state index in [9.17, 15) is 13.6 Å². The topological polar surface area (TPSA) is 29.5 Å². The van der Waals surface area contributed by atoms with Crippen LogP contribution in [0.25, 0.3) is 6.08 Å². The summed E-state index contributed by atoms with van der Waals surface area (Å²) in [6.45, 7) is 5.05. The predicted octanol–water partition coefficient (Wildman–Crippen LogP) is 3.65. The first-order valence-electron chi connectivity index (χ1n) is 7.11. The monoisotopic (exact) mass is 327 g/mol. The Morgan fingerprint density at radius 2 is 1.86 bits per heavy atom. The summed E-state index contributed by atoms with van der Waals surface area (Å²) in [4.78, 5) is 14.4. The van der Waals surface area contributed by atoms with Crippen LogP contribution in [0, 0.1) is 0 Å². The van der Waals surface area contributed by atoms with E-state index in [1.165, 1.54) is 6.08 Å². The van der Waals surface area contributed by atoms with Crippen LogP contribution in [0.4, 0.5) is 8.78 Å². The Labute approximate surface area is 133 Å². The molecule has 120 valence electrons. The van der Waals surface area contributed by atoms with Crippen molar-refractivity contribution >= 4 is 23.7 Å². The third kappa shape index (κ3) is 5.10. The van der Waals surface area contributed by atoms with Crippen molar-refractivity contribution < 1.29 is 18.3 Å². The molecule has 1 aliphatic rings. The van der Waals surface area contributed by atoms with Gasteiger partial charge in [-0.15, -0.1) is 0 Å². The fourth-order valence-electron chi connectivity index (χ4n) is 2.39. The molecule has 1 heterocycles. The standard InChI is InChI=1S/C16H19F2NO2S/c1-11-9-19(10-12(2)21-11)15(20)8-5-13-3-6-14(7-4-13)22-16(17)18/h3-8,11-12,16H,9-10H2,1-2H3/b8-5+/t11-,12-/m1/s1. The minimum absolute atomic E-state index is 0.0340. The number of halogens is 2. The highest BCUT2D eigenvalue weighted by Gasteiger charge is 2.24. The summed E-state index contributed by atoms with van der Waals surface area (Å²) in [5, 5.41) is 0. The second-order valence-corrected chi connectivity index (χ2v) is 6.34. The number of carbonyl (C=O) groups excluding carboxylic acids is 1. The molecular weight excluding hydrogens is 308 g/mol. The van der Waals surface area contributed by atoms with Gasteiger partial charge in [0, 0.05) is 24.1 Å². The van der Waals surface area contributed by atoms with Gasteiger partial charge >= 0.3 is 0 Å². The van der Waals surface area contributed by atoms with Crippen LogP contribution in [0.1, 0.15) is 19.4 Å². The molecule has 1 aliphatic heterocycles. The summed E-state index contributed by atoms with van der Waals surface area (Å²) in [5.41, 5.74) is 0.807. The number of rotatable bonds is 4. The van der Waals surface area contributed by atoms with Gasteiger partial charge in [-0.05, 0) is 37.6 Å². The van der Waals surface area contributed by atoms with E-state index in [2.05, 4.69) is 0 Å². The minimum Gasteiger partial charge on any atom is -0.372 e. The number of morpholine rings is 1. The highest BCUT2D eigenvalue weighted by Crippen LogP contribution is 2.25. The molecule has 0 radical (unpaired) electrons. The number of benzene rings is 1. The normalized spacial score (nSPS) is 22.5. The summed E-state index contributed by atoms with van der Waals surface area (Å²) in [7, 11) is 0. The lowest BCUT2D eigenvalue weighted by molar-refractivity contribution is -0.137. The maximum absolute atomic E-state index is 12.2. The Kier molecular flexibility index (Phi) is 5.97. The van der Waals surface area contributed by atoms with Crippen LogP contribution in [0.2, 0.25) is 0 Å². The average molecular weight is 327 g/mol. The number of amides is 1. The fraction of sp³-hybridized carbons (Fsp3) is 0.438. The second kappa shape index (κ2) is 7.74. The summed E-state index contributed by atoms with van der Waals surface area (Å²) >= 11 is 0.508. The SMILES string of the molecule is C[C@@H]1CN(C(=O)/C=C/c2ccc(SC(F)F)cc2)C[C@@H](C)O1. The molecular formula is C16H19F2NO2S. The van der Waals surface area contributed by atoms with E-state index in [1.807, 2.05) is 13.8 Å². The smallest absolute Gasteiger partial charge is 0.288 e. The van der Waals surface area contributed by atoms with Crippen LogP contribution in [0.3, 0.4) is 0 Å². The maximum atomic E-state index is 12.2. The molecule has 1 aromatic carbocycles. The molecule has 0 saturated carbocycles. The Morgan fingerprint density at radius 3 is 2.41 bits per heavy atom. The van der Waals surface area contributed by atoms with Crippen molar-refractivity contribution in [1.82, 2.24) is 4.90 Å². The van der Waals surface area contributed by atoms with Crippen LogP contribution >= 0.6 is 11.8 Å². The zero-order valence-corrected chi connectivity index (χ0v) is 13.4. The van der Waals surface area contributed by atoms with E-state index < -0.39 is 5.76 Å². The Balaban J connectivity index is 1.94. The van der Waals surface area contributed by atoms with Crippen LogP contribution in [-0.2, 0) is 9.53 Å². The fourth-order valence-corrected chi connectivity index (χ4v) is 2.89. The molecule has 0 aliphatic carbocycles. The van der Waals surface area contributed by atoms with Crippen LogP contribution in [-0.4, -0.2) is 41.9 Å². The minimum atomic E-state index is -2.42. The summed E-state index contributed by atoms with van der Waals surface area (Å²) in [5.74, 6) is -2.48. The molecule has 1 fully saturated rings. The highest BCUT2D eigenvalue weighted by atomic mass is 32.2. The van der Waals surface area contributed by atoms with Crippen LogP contribution < -0.4 is 0 Å². The molecule has 1 aromatic rings. The number of hydrogen-bond acceptors (Lipinski definition) is 3. The summed E-state index contributed by atoms with van der Waals surface area (Å²) in [6, 6.07) is 6.69. The molecule has 3 nitrogen and oxygen atoms in total. The van der Waals surface area contributed by atoms with E-state index in [1.54, 1.807) is 35.2 Å².